The van der Waals surface area contributed by atoms with Crippen molar-refractivity contribution >= 4 is 35.6 Å². The van der Waals surface area contributed by atoms with E-state index < -0.39 is 35.7 Å². The van der Waals surface area contributed by atoms with Gasteiger partial charge in [-0.1, -0.05) is 37.2 Å². The van der Waals surface area contributed by atoms with Crippen molar-refractivity contribution in [2.75, 3.05) is 12.8 Å². The molecule has 0 radical (unpaired) electrons. The quantitative estimate of drug-likeness (QED) is 0.107. The minimum Gasteiger partial charge on any atom is -0.480 e. The van der Waals surface area contributed by atoms with E-state index in [-0.39, 0.29) is 24.7 Å². The van der Waals surface area contributed by atoms with Gasteiger partial charge < -0.3 is 25.8 Å². The third-order valence-corrected chi connectivity index (χ3v) is 6.98. The summed E-state index contributed by atoms with van der Waals surface area (Å²) < 4.78 is 6.91. The van der Waals surface area contributed by atoms with E-state index in [0.717, 1.165) is 18.4 Å². The molecule has 2 atom stereocenters. The molecular weight excluding hydrogens is 588 g/mol. The monoisotopic (exact) mass is 634 g/mol. The summed E-state index contributed by atoms with van der Waals surface area (Å²) in [4.78, 5) is 57.5. The Kier molecular flexibility index (Phi) is 15.0. The van der Waals surface area contributed by atoms with Crippen LogP contribution in [-0.4, -0.2) is 84.4 Å². The zero-order valence-corrected chi connectivity index (χ0v) is 27.3. The Morgan fingerprint density at radius 2 is 1.73 bits per heavy atom. The van der Waals surface area contributed by atoms with Crippen LogP contribution in [0.5, 0.6) is 0 Å². The Labute approximate surface area is 262 Å². The van der Waals surface area contributed by atoms with Crippen LogP contribution in [0.2, 0.25) is 0 Å². The first-order valence-corrected chi connectivity index (χ1v) is 16.1. The Morgan fingerprint density at radius 1 is 1.02 bits per heavy atom. The van der Waals surface area contributed by atoms with Gasteiger partial charge in [-0.25, -0.2) is 19.6 Å². The zero-order valence-electron chi connectivity index (χ0n) is 26.5. The standard InChI is InChI=1S/C29H46N8O6S/c1-19(2)24(25(39)33-21(26(40)41)12-9-10-14-30-28(42)43-29(3,4)5)34-23(38)13-8-7-11-15-37-18-22(35-36-37)20-16-31-27(44-6)32-17-20/h16-19,21,24H,7-15H2,1-6H3,(H,30,42)(H,33,39)(H,34,38)(H,40,41)/t21-,24-/m0/s1. The van der Waals surface area contributed by atoms with Crippen LogP contribution in [0.3, 0.4) is 0 Å². The van der Waals surface area contributed by atoms with Crippen molar-refractivity contribution in [1.29, 1.82) is 0 Å². The van der Waals surface area contributed by atoms with Gasteiger partial charge in [0.1, 0.15) is 23.4 Å². The molecule has 0 bridgehead atoms. The van der Waals surface area contributed by atoms with Gasteiger partial charge in [0.25, 0.3) is 0 Å². The Balaban J connectivity index is 1.71. The SMILES string of the molecule is CSc1ncc(-c2cn(CCCCCC(=O)N[C@H](C(=O)N[C@@H](CCCCNC(=O)OC(C)(C)C)C(=O)O)C(C)C)nn2)cn1. The first kappa shape index (κ1) is 36.4. The number of hydrogen-bond acceptors (Lipinski definition) is 10. The molecule has 0 unspecified atom stereocenters. The van der Waals surface area contributed by atoms with Crippen LogP contribution in [-0.2, 0) is 25.7 Å². The first-order chi connectivity index (χ1) is 20.8. The number of hydrogen-bond donors (Lipinski definition) is 4. The van der Waals surface area contributed by atoms with Crippen LogP contribution >= 0.6 is 11.8 Å². The highest BCUT2D eigenvalue weighted by Gasteiger charge is 2.28. The molecule has 0 aliphatic carbocycles. The van der Waals surface area contributed by atoms with Crippen LogP contribution in [0.4, 0.5) is 4.79 Å². The number of aryl methyl sites for hydroxylation is 1. The second kappa shape index (κ2) is 18.1. The van der Waals surface area contributed by atoms with Crippen LogP contribution in [0, 0.1) is 5.92 Å². The average molecular weight is 635 g/mol. The number of carboxylic acids is 1. The van der Waals surface area contributed by atoms with E-state index in [1.807, 2.05) is 12.5 Å². The number of carbonyl (C=O) groups excluding carboxylic acids is 3. The van der Waals surface area contributed by atoms with E-state index in [4.69, 9.17) is 4.74 Å². The smallest absolute Gasteiger partial charge is 0.407 e. The van der Waals surface area contributed by atoms with Gasteiger partial charge in [0.2, 0.25) is 11.8 Å². The van der Waals surface area contributed by atoms with Crippen LogP contribution in [0.1, 0.15) is 79.6 Å². The van der Waals surface area contributed by atoms with Gasteiger partial charge >= 0.3 is 12.1 Å². The van der Waals surface area contributed by atoms with Crippen molar-refractivity contribution in [3.63, 3.8) is 0 Å². The molecule has 244 valence electrons. The number of rotatable bonds is 18. The highest BCUT2D eigenvalue weighted by atomic mass is 32.2. The lowest BCUT2D eigenvalue weighted by molar-refractivity contribution is -0.142. The van der Waals surface area contributed by atoms with Crippen LogP contribution in [0.15, 0.2) is 23.7 Å². The predicted molar refractivity (Wildman–Crippen MR) is 166 cm³/mol. The number of carboxylic acid groups (broad SMARTS) is 1. The highest BCUT2D eigenvalue weighted by molar-refractivity contribution is 7.98. The number of nitrogens with zero attached hydrogens (tertiary/aromatic N) is 5. The van der Waals surface area contributed by atoms with Gasteiger partial charge in [-0.05, 0) is 65.0 Å². The van der Waals surface area contributed by atoms with E-state index in [1.54, 1.807) is 51.7 Å². The fourth-order valence-electron chi connectivity index (χ4n) is 4.11. The number of amides is 3. The lowest BCUT2D eigenvalue weighted by Gasteiger charge is -2.24. The maximum absolute atomic E-state index is 12.9. The molecular formula is C29H46N8O6S. The van der Waals surface area contributed by atoms with Crippen molar-refractivity contribution in [3.05, 3.63) is 18.6 Å². The Bertz CT molecular complexity index is 1220. The molecule has 2 rings (SSSR count). The Hall–Kier alpha value is -3.75. The summed E-state index contributed by atoms with van der Waals surface area (Å²) in [6.45, 7) is 9.84. The number of aliphatic carboxylic acids is 1. The molecule has 0 saturated heterocycles. The number of unbranched alkanes of at least 4 members (excludes halogenated alkanes) is 3. The summed E-state index contributed by atoms with van der Waals surface area (Å²) in [5.74, 6) is -2.21. The van der Waals surface area contributed by atoms with Crippen molar-refractivity contribution in [1.82, 2.24) is 40.9 Å². The van der Waals surface area contributed by atoms with Crippen LogP contribution < -0.4 is 16.0 Å². The number of ether oxygens (including phenoxy) is 1. The van der Waals surface area contributed by atoms with E-state index in [1.165, 1.54) is 11.8 Å². The van der Waals surface area contributed by atoms with Gasteiger partial charge in [0.05, 0.1) is 6.20 Å². The fraction of sp³-hybridized carbons (Fsp3) is 0.655. The predicted octanol–water partition coefficient (Wildman–Crippen LogP) is 3.42. The minimum atomic E-state index is -1.16. The first-order valence-electron chi connectivity index (χ1n) is 14.8. The summed E-state index contributed by atoms with van der Waals surface area (Å²) in [5, 5.41) is 26.6. The van der Waals surface area contributed by atoms with Gasteiger partial charge in [-0.2, -0.15) is 0 Å². The summed E-state index contributed by atoms with van der Waals surface area (Å²) in [6.07, 6.45) is 10.2. The number of alkyl carbamates (subject to hydrolysis) is 1. The molecule has 15 heteroatoms. The van der Waals surface area contributed by atoms with Crippen molar-refractivity contribution in [2.24, 2.45) is 5.92 Å². The second-order valence-corrected chi connectivity index (χ2v) is 12.5. The summed E-state index contributed by atoms with van der Waals surface area (Å²) >= 11 is 1.46. The van der Waals surface area contributed by atoms with Gasteiger partial charge in [0.15, 0.2) is 5.16 Å². The maximum Gasteiger partial charge on any atom is 0.407 e. The molecule has 0 fully saturated rings. The number of nitrogens with one attached hydrogen (secondary N) is 3. The third-order valence-electron chi connectivity index (χ3n) is 6.40. The second-order valence-electron chi connectivity index (χ2n) is 11.7. The molecule has 44 heavy (non-hydrogen) atoms. The normalized spacial score (nSPS) is 12.8. The molecule has 4 N–H and O–H groups in total. The largest absolute Gasteiger partial charge is 0.480 e. The molecule has 0 aromatic carbocycles. The van der Waals surface area contributed by atoms with Crippen molar-refractivity contribution in [2.45, 2.75) is 109 Å². The highest BCUT2D eigenvalue weighted by Crippen LogP contribution is 2.16. The topological polar surface area (TPSA) is 190 Å². The third kappa shape index (κ3) is 13.7. The van der Waals surface area contributed by atoms with Crippen LogP contribution in [0.25, 0.3) is 11.3 Å². The fourth-order valence-corrected chi connectivity index (χ4v) is 4.42. The molecule has 0 aliphatic rings. The summed E-state index contributed by atoms with van der Waals surface area (Å²) in [7, 11) is 0. The van der Waals surface area contributed by atoms with E-state index in [0.29, 0.717) is 43.2 Å². The maximum atomic E-state index is 12.9. The molecule has 3 amide bonds. The molecule has 0 aliphatic heterocycles. The molecule has 0 spiro atoms. The summed E-state index contributed by atoms with van der Waals surface area (Å²) in [5.41, 5.74) is 0.875. The van der Waals surface area contributed by atoms with Crippen molar-refractivity contribution < 1.29 is 29.0 Å². The Morgan fingerprint density at radius 3 is 2.34 bits per heavy atom. The molecule has 14 nitrogen and oxygen atoms in total. The number of aromatic nitrogens is 5. The van der Waals surface area contributed by atoms with Gasteiger partial charge in [0, 0.05) is 37.5 Å². The van der Waals surface area contributed by atoms with E-state index >= 15 is 0 Å². The average Bonchev–Trinajstić information content (AvgIpc) is 3.42. The van der Waals surface area contributed by atoms with Crippen molar-refractivity contribution in [3.8, 4) is 11.3 Å². The molecule has 0 saturated carbocycles. The summed E-state index contributed by atoms with van der Waals surface area (Å²) in [6, 6.07) is -1.97. The van der Waals surface area contributed by atoms with Gasteiger partial charge in [-0.3, -0.25) is 14.3 Å². The van der Waals surface area contributed by atoms with E-state index in [9.17, 15) is 24.3 Å². The molecule has 2 aromatic rings. The van der Waals surface area contributed by atoms with Gasteiger partial charge in [-0.15, -0.1) is 5.10 Å². The number of thioether (sulfide) groups is 1. The minimum absolute atomic E-state index is 0.182. The number of carbonyl (C=O) groups is 4. The lowest BCUT2D eigenvalue weighted by Crippen LogP contribution is -2.53. The van der Waals surface area contributed by atoms with E-state index in [2.05, 4.69) is 36.2 Å². The zero-order chi connectivity index (χ0) is 32.7. The molecule has 2 aromatic heterocycles. The molecule has 2 heterocycles. The lowest BCUT2D eigenvalue weighted by atomic mass is 10.0.